The molecule has 0 aromatic heterocycles. The van der Waals surface area contributed by atoms with Crippen molar-refractivity contribution in [1.82, 2.24) is 5.32 Å². The van der Waals surface area contributed by atoms with E-state index in [0.29, 0.717) is 15.7 Å². The number of nitrogens with one attached hydrogen (secondary N) is 1. The lowest BCUT2D eigenvalue weighted by Crippen LogP contribution is -2.33. The van der Waals surface area contributed by atoms with Gasteiger partial charge in [0.1, 0.15) is 0 Å². The number of amides is 2. The normalized spacial score (nSPS) is 13.8. The topological polar surface area (TPSA) is 66.5 Å². The van der Waals surface area contributed by atoms with Crippen LogP contribution in [0, 0.1) is 0 Å². The van der Waals surface area contributed by atoms with E-state index in [-0.39, 0.29) is 18.9 Å². The van der Waals surface area contributed by atoms with Crippen LogP contribution < -0.4 is 10.2 Å². The lowest BCUT2D eigenvalue weighted by atomic mass is 10.1. The van der Waals surface area contributed by atoms with E-state index < -0.39 is 11.7 Å². The maximum absolute atomic E-state index is 11.8. The maximum Gasteiger partial charge on any atom is 0.299 e. The molecule has 94 valence electrons. The molecule has 0 fully saturated rings. The van der Waals surface area contributed by atoms with Gasteiger partial charge in [0.05, 0.1) is 11.3 Å². The molecule has 1 N–H and O–H groups in total. The lowest BCUT2D eigenvalue weighted by Gasteiger charge is -2.17. The van der Waals surface area contributed by atoms with Gasteiger partial charge in [0.15, 0.2) is 0 Å². The van der Waals surface area contributed by atoms with Crippen LogP contribution in [0.1, 0.15) is 16.8 Å². The molecule has 1 aromatic carbocycles. The highest BCUT2D eigenvalue weighted by Crippen LogP contribution is 2.35. The van der Waals surface area contributed by atoms with Crippen molar-refractivity contribution in [3.8, 4) is 0 Å². The molecule has 0 atom stereocenters. The fourth-order valence-corrected chi connectivity index (χ4v) is 2.44. The highest BCUT2D eigenvalue weighted by atomic mass is 79.9. The summed E-state index contributed by atoms with van der Waals surface area (Å²) >= 11 is 3.32. The van der Waals surface area contributed by atoms with Gasteiger partial charge in [-0.05, 0) is 28.1 Å². The van der Waals surface area contributed by atoms with E-state index >= 15 is 0 Å². The molecular formula is C12H11BrN2O3. The summed E-state index contributed by atoms with van der Waals surface area (Å²) < 4.78 is 0.677. The molecule has 0 aliphatic carbocycles. The highest BCUT2D eigenvalue weighted by Gasteiger charge is 2.36. The van der Waals surface area contributed by atoms with Gasteiger partial charge in [-0.1, -0.05) is 6.07 Å². The van der Waals surface area contributed by atoms with E-state index in [1.54, 1.807) is 18.2 Å². The largest absolute Gasteiger partial charge is 0.359 e. The van der Waals surface area contributed by atoms with Crippen LogP contribution in [0.5, 0.6) is 0 Å². The number of nitrogens with zero attached hydrogens (tertiary/aromatic N) is 1. The standard InChI is InChI=1S/C12H11BrN2O3/c1-14-9(16)5-6-15-10-7(11(17)12(15)18)3-2-4-8(10)13/h2-4H,5-6H2,1H3,(H,14,16). The third-order valence-electron chi connectivity index (χ3n) is 2.78. The average molecular weight is 311 g/mol. The van der Waals surface area contributed by atoms with Gasteiger partial charge >= 0.3 is 0 Å². The maximum atomic E-state index is 11.8. The second-order valence-electron chi connectivity index (χ2n) is 3.85. The molecule has 0 radical (unpaired) electrons. The van der Waals surface area contributed by atoms with Gasteiger partial charge in [0, 0.05) is 24.5 Å². The Labute approximate surface area is 112 Å². The second-order valence-corrected chi connectivity index (χ2v) is 4.70. The Hall–Kier alpha value is -1.69. The third kappa shape index (κ3) is 2.03. The minimum absolute atomic E-state index is 0.163. The first-order valence-corrected chi connectivity index (χ1v) is 6.21. The van der Waals surface area contributed by atoms with Crippen LogP contribution in [0.3, 0.4) is 0 Å². The number of carbonyl (C=O) groups excluding carboxylic acids is 3. The van der Waals surface area contributed by atoms with Gasteiger partial charge in [0.25, 0.3) is 11.7 Å². The Morgan fingerprint density at radius 3 is 2.78 bits per heavy atom. The summed E-state index contributed by atoms with van der Waals surface area (Å²) in [5.74, 6) is -1.28. The van der Waals surface area contributed by atoms with Gasteiger partial charge < -0.3 is 10.2 Å². The van der Waals surface area contributed by atoms with Crippen LogP contribution in [-0.4, -0.2) is 31.2 Å². The van der Waals surface area contributed by atoms with Gasteiger partial charge in [-0.2, -0.15) is 0 Å². The van der Waals surface area contributed by atoms with E-state index in [4.69, 9.17) is 0 Å². The number of fused-ring (bicyclic) bond motifs is 1. The molecule has 1 heterocycles. The molecule has 0 saturated carbocycles. The Morgan fingerprint density at radius 1 is 1.39 bits per heavy atom. The fraction of sp³-hybridized carbons (Fsp3) is 0.250. The number of benzene rings is 1. The number of Topliss-reactive ketones (excluding diaryl/α,β-unsaturated/α-hetero) is 1. The van der Waals surface area contributed by atoms with Crippen molar-refractivity contribution >= 4 is 39.2 Å². The number of para-hydroxylation sites is 1. The molecule has 0 unspecified atom stereocenters. The first-order valence-electron chi connectivity index (χ1n) is 5.41. The van der Waals surface area contributed by atoms with Crippen molar-refractivity contribution in [2.45, 2.75) is 6.42 Å². The van der Waals surface area contributed by atoms with Crippen molar-refractivity contribution in [1.29, 1.82) is 0 Å². The molecule has 6 heteroatoms. The quantitative estimate of drug-likeness (QED) is 0.851. The number of rotatable bonds is 3. The van der Waals surface area contributed by atoms with E-state index in [9.17, 15) is 14.4 Å². The summed E-state index contributed by atoms with van der Waals surface area (Å²) in [7, 11) is 1.53. The average Bonchev–Trinajstić information content (AvgIpc) is 2.61. The smallest absolute Gasteiger partial charge is 0.299 e. The van der Waals surface area contributed by atoms with Crippen LogP contribution in [0.25, 0.3) is 0 Å². The molecule has 1 aliphatic heterocycles. The zero-order valence-electron chi connectivity index (χ0n) is 9.70. The number of hydrogen-bond donors (Lipinski definition) is 1. The SMILES string of the molecule is CNC(=O)CCN1C(=O)C(=O)c2cccc(Br)c21. The van der Waals surface area contributed by atoms with Crippen LogP contribution in [-0.2, 0) is 9.59 Å². The molecule has 5 nitrogen and oxygen atoms in total. The summed E-state index contributed by atoms with van der Waals surface area (Å²) in [6, 6.07) is 5.08. The number of hydrogen-bond acceptors (Lipinski definition) is 3. The number of carbonyl (C=O) groups is 3. The van der Waals surface area contributed by atoms with Crippen LogP contribution in [0.2, 0.25) is 0 Å². The van der Waals surface area contributed by atoms with Gasteiger partial charge in [0.2, 0.25) is 5.91 Å². The molecule has 2 rings (SSSR count). The van der Waals surface area contributed by atoms with Crippen LogP contribution >= 0.6 is 15.9 Å². The number of anilines is 1. The zero-order valence-corrected chi connectivity index (χ0v) is 11.3. The van der Waals surface area contributed by atoms with Crippen molar-refractivity contribution in [3.63, 3.8) is 0 Å². The number of halogens is 1. The monoisotopic (exact) mass is 310 g/mol. The van der Waals surface area contributed by atoms with Crippen molar-refractivity contribution in [2.75, 3.05) is 18.5 Å². The van der Waals surface area contributed by atoms with Gasteiger partial charge in [-0.3, -0.25) is 14.4 Å². The summed E-state index contributed by atoms with van der Waals surface area (Å²) in [6.07, 6.45) is 0.163. The predicted molar refractivity (Wildman–Crippen MR) is 69.5 cm³/mol. The molecule has 2 amide bonds. The van der Waals surface area contributed by atoms with Crippen molar-refractivity contribution in [3.05, 3.63) is 28.2 Å². The van der Waals surface area contributed by atoms with Crippen LogP contribution in [0.15, 0.2) is 22.7 Å². The molecule has 1 aliphatic rings. The van der Waals surface area contributed by atoms with E-state index in [1.165, 1.54) is 11.9 Å². The molecule has 0 spiro atoms. The second kappa shape index (κ2) is 4.89. The minimum Gasteiger partial charge on any atom is -0.359 e. The van der Waals surface area contributed by atoms with E-state index in [1.807, 2.05) is 0 Å². The predicted octanol–water partition coefficient (Wildman–Crippen LogP) is 1.11. The molecule has 0 saturated heterocycles. The van der Waals surface area contributed by atoms with E-state index in [2.05, 4.69) is 21.2 Å². The van der Waals surface area contributed by atoms with Crippen LogP contribution in [0.4, 0.5) is 5.69 Å². The number of ketones is 1. The molecule has 1 aromatic rings. The van der Waals surface area contributed by atoms with Gasteiger partial charge in [-0.15, -0.1) is 0 Å². The highest BCUT2D eigenvalue weighted by molar-refractivity contribution is 9.10. The Balaban J connectivity index is 2.31. The summed E-state index contributed by atoms with van der Waals surface area (Å²) in [5, 5.41) is 2.48. The summed E-state index contributed by atoms with van der Waals surface area (Å²) in [6.45, 7) is 0.194. The first kappa shape index (κ1) is 12.8. The molecule has 18 heavy (non-hydrogen) atoms. The first-order chi connectivity index (χ1) is 8.56. The Morgan fingerprint density at radius 2 is 2.11 bits per heavy atom. The van der Waals surface area contributed by atoms with E-state index in [0.717, 1.165) is 0 Å². The summed E-state index contributed by atoms with van der Waals surface area (Å²) in [4.78, 5) is 36.2. The third-order valence-corrected chi connectivity index (χ3v) is 3.42. The van der Waals surface area contributed by atoms with Gasteiger partial charge in [-0.25, -0.2) is 0 Å². The molecular weight excluding hydrogens is 300 g/mol. The minimum atomic E-state index is -0.583. The lowest BCUT2D eigenvalue weighted by molar-refractivity contribution is -0.120. The van der Waals surface area contributed by atoms with Crippen molar-refractivity contribution in [2.24, 2.45) is 0 Å². The Bertz CT molecular complexity index is 542. The van der Waals surface area contributed by atoms with Crippen molar-refractivity contribution < 1.29 is 14.4 Å². The Kier molecular flexibility index (Phi) is 3.47. The fourth-order valence-electron chi connectivity index (χ4n) is 1.86. The summed E-state index contributed by atoms with van der Waals surface area (Å²) in [5.41, 5.74) is 0.933. The molecule has 0 bridgehead atoms. The zero-order chi connectivity index (χ0) is 13.3.